The normalized spacial score (nSPS) is 21.3. The number of thioether (sulfide) groups is 1. The first-order valence-electron chi connectivity index (χ1n) is 7.61. The van der Waals surface area contributed by atoms with Crippen molar-refractivity contribution < 1.29 is 14.3 Å². The molecule has 2 amide bonds. The van der Waals surface area contributed by atoms with Crippen molar-refractivity contribution in [2.45, 2.75) is 18.6 Å². The minimum absolute atomic E-state index is 0.134. The van der Waals surface area contributed by atoms with Crippen LogP contribution >= 0.6 is 11.8 Å². The zero-order valence-electron chi connectivity index (χ0n) is 12.9. The molecule has 1 N–H and O–H groups in total. The standard InChI is InChI=1S/C16H19N3O3S/c1-11-4-2-3-5-12(11)17-14(20)10-13-15(21)18-16(23-13)19-6-8-22-9-7-19/h2-5,13H,6-10H2,1H3,(H,17,20)/t13-/m1/s1. The number of morpholine rings is 1. The second kappa shape index (κ2) is 7.14. The van der Waals surface area contributed by atoms with Gasteiger partial charge in [-0.15, -0.1) is 0 Å². The summed E-state index contributed by atoms with van der Waals surface area (Å²) in [6.45, 7) is 4.70. The summed E-state index contributed by atoms with van der Waals surface area (Å²) in [5.74, 6) is -0.389. The lowest BCUT2D eigenvalue weighted by Crippen LogP contribution is -2.39. The Morgan fingerprint density at radius 1 is 1.39 bits per heavy atom. The number of nitrogens with one attached hydrogen (secondary N) is 1. The predicted molar refractivity (Wildman–Crippen MR) is 90.6 cm³/mol. The fourth-order valence-corrected chi connectivity index (χ4v) is 3.60. The van der Waals surface area contributed by atoms with Gasteiger partial charge in [-0.1, -0.05) is 30.0 Å². The Balaban J connectivity index is 1.56. The van der Waals surface area contributed by atoms with Crippen molar-refractivity contribution in [1.82, 2.24) is 4.90 Å². The molecule has 7 heteroatoms. The van der Waals surface area contributed by atoms with Crippen LogP contribution in [0.25, 0.3) is 0 Å². The summed E-state index contributed by atoms with van der Waals surface area (Å²) in [4.78, 5) is 30.4. The Labute approximate surface area is 139 Å². The quantitative estimate of drug-likeness (QED) is 0.911. The number of nitrogens with zero attached hydrogens (tertiary/aromatic N) is 2. The van der Waals surface area contributed by atoms with Gasteiger partial charge in [-0.2, -0.15) is 4.99 Å². The molecule has 0 unspecified atom stereocenters. The van der Waals surface area contributed by atoms with Gasteiger partial charge in [0.1, 0.15) is 5.25 Å². The lowest BCUT2D eigenvalue weighted by molar-refractivity contribution is -0.121. The van der Waals surface area contributed by atoms with E-state index in [1.54, 1.807) is 0 Å². The van der Waals surface area contributed by atoms with Gasteiger partial charge in [-0.3, -0.25) is 9.59 Å². The highest BCUT2D eigenvalue weighted by Crippen LogP contribution is 2.28. The van der Waals surface area contributed by atoms with E-state index >= 15 is 0 Å². The molecule has 0 aliphatic carbocycles. The molecule has 1 atom stereocenters. The third kappa shape index (κ3) is 3.92. The molecule has 2 heterocycles. The van der Waals surface area contributed by atoms with E-state index in [2.05, 4.69) is 10.3 Å². The van der Waals surface area contributed by atoms with Crippen molar-refractivity contribution in [3.63, 3.8) is 0 Å². The molecule has 0 aromatic heterocycles. The summed E-state index contributed by atoms with van der Waals surface area (Å²) in [7, 11) is 0. The minimum atomic E-state index is -0.433. The molecular formula is C16H19N3O3S. The van der Waals surface area contributed by atoms with E-state index < -0.39 is 5.25 Å². The van der Waals surface area contributed by atoms with Crippen LogP contribution in [0.1, 0.15) is 12.0 Å². The molecule has 2 aliphatic rings. The molecule has 0 bridgehead atoms. The first-order valence-corrected chi connectivity index (χ1v) is 8.49. The van der Waals surface area contributed by atoms with Gasteiger partial charge < -0.3 is 15.0 Å². The Morgan fingerprint density at radius 2 is 2.13 bits per heavy atom. The van der Waals surface area contributed by atoms with Crippen molar-refractivity contribution in [3.05, 3.63) is 29.8 Å². The zero-order valence-corrected chi connectivity index (χ0v) is 13.8. The Kier molecular flexibility index (Phi) is 4.97. The lowest BCUT2D eigenvalue weighted by atomic mass is 10.2. The third-order valence-corrected chi connectivity index (χ3v) is 5.01. The van der Waals surface area contributed by atoms with Gasteiger partial charge in [-0.05, 0) is 18.6 Å². The van der Waals surface area contributed by atoms with Crippen LogP contribution in [-0.4, -0.2) is 53.4 Å². The molecule has 0 radical (unpaired) electrons. The van der Waals surface area contributed by atoms with E-state index in [4.69, 9.17) is 4.74 Å². The van der Waals surface area contributed by atoms with Gasteiger partial charge in [0.25, 0.3) is 5.91 Å². The van der Waals surface area contributed by atoms with Crippen molar-refractivity contribution in [2.75, 3.05) is 31.6 Å². The maximum atomic E-state index is 12.2. The molecule has 1 aromatic rings. The van der Waals surface area contributed by atoms with Crippen molar-refractivity contribution in [2.24, 2.45) is 4.99 Å². The number of aryl methyl sites for hydroxylation is 1. The number of carbonyl (C=O) groups excluding carboxylic acids is 2. The first kappa shape index (κ1) is 16.0. The number of amidine groups is 1. The van der Waals surface area contributed by atoms with E-state index in [0.29, 0.717) is 18.4 Å². The Hall–Kier alpha value is -1.86. The molecular weight excluding hydrogens is 314 g/mol. The van der Waals surface area contributed by atoms with Crippen LogP contribution in [0.2, 0.25) is 0 Å². The van der Waals surface area contributed by atoms with E-state index in [0.717, 1.165) is 24.3 Å². The predicted octanol–water partition coefficient (Wildman–Crippen LogP) is 1.65. The number of ether oxygens (including phenoxy) is 1. The average molecular weight is 333 g/mol. The number of benzene rings is 1. The van der Waals surface area contributed by atoms with Crippen molar-refractivity contribution in [1.29, 1.82) is 0 Å². The van der Waals surface area contributed by atoms with Gasteiger partial charge in [0, 0.05) is 25.2 Å². The van der Waals surface area contributed by atoms with E-state index in [1.807, 2.05) is 36.1 Å². The van der Waals surface area contributed by atoms with Gasteiger partial charge in [-0.25, -0.2) is 0 Å². The number of carbonyl (C=O) groups is 2. The number of hydrogen-bond donors (Lipinski definition) is 1. The number of rotatable bonds is 3. The molecule has 0 saturated carbocycles. The van der Waals surface area contributed by atoms with Crippen LogP contribution in [0.3, 0.4) is 0 Å². The fourth-order valence-electron chi connectivity index (χ4n) is 2.48. The van der Waals surface area contributed by atoms with Gasteiger partial charge >= 0.3 is 0 Å². The van der Waals surface area contributed by atoms with Crippen molar-refractivity contribution in [3.8, 4) is 0 Å². The topological polar surface area (TPSA) is 71.0 Å². The van der Waals surface area contributed by atoms with Crippen LogP contribution in [0.15, 0.2) is 29.3 Å². The van der Waals surface area contributed by atoms with E-state index in [9.17, 15) is 9.59 Å². The van der Waals surface area contributed by atoms with Gasteiger partial charge in [0.05, 0.1) is 13.2 Å². The number of aliphatic imine (C=N–C) groups is 1. The Bertz CT molecular complexity index is 641. The monoisotopic (exact) mass is 333 g/mol. The molecule has 3 rings (SSSR count). The fraction of sp³-hybridized carbons (Fsp3) is 0.438. The second-order valence-corrected chi connectivity index (χ2v) is 6.68. The molecule has 1 fully saturated rings. The lowest BCUT2D eigenvalue weighted by Gasteiger charge is -2.27. The van der Waals surface area contributed by atoms with E-state index in [-0.39, 0.29) is 18.2 Å². The summed E-state index contributed by atoms with van der Waals surface area (Å²) in [6.07, 6.45) is 0.134. The zero-order chi connectivity index (χ0) is 16.2. The summed E-state index contributed by atoms with van der Waals surface area (Å²) in [6, 6.07) is 7.58. The van der Waals surface area contributed by atoms with Crippen LogP contribution in [0.5, 0.6) is 0 Å². The van der Waals surface area contributed by atoms with Crippen LogP contribution in [0, 0.1) is 6.92 Å². The Morgan fingerprint density at radius 3 is 2.87 bits per heavy atom. The largest absolute Gasteiger partial charge is 0.378 e. The minimum Gasteiger partial charge on any atom is -0.378 e. The summed E-state index contributed by atoms with van der Waals surface area (Å²) in [5.41, 5.74) is 1.78. The third-order valence-electron chi connectivity index (χ3n) is 3.80. The molecule has 122 valence electrons. The summed E-state index contributed by atoms with van der Waals surface area (Å²) < 4.78 is 5.30. The number of hydrogen-bond acceptors (Lipinski definition) is 5. The number of anilines is 1. The second-order valence-electron chi connectivity index (χ2n) is 5.51. The van der Waals surface area contributed by atoms with Crippen LogP contribution in [-0.2, 0) is 14.3 Å². The molecule has 1 aromatic carbocycles. The highest BCUT2D eigenvalue weighted by molar-refractivity contribution is 8.15. The summed E-state index contributed by atoms with van der Waals surface area (Å²) in [5, 5.41) is 3.14. The van der Waals surface area contributed by atoms with Gasteiger partial charge in [0.2, 0.25) is 5.91 Å². The molecule has 23 heavy (non-hydrogen) atoms. The molecule has 6 nitrogen and oxygen atoms in total. The number of amides is 2. The average Bonchev–Trinajstić information content (AvgIpc) is 2.91. The summed E-state index contributed by atoms with van der Waals surface area (Å²) >= 11 is 1.38. The number of para-hydroxylation sites is 1. The van der Waals surface area contributed by atoms with Crippen LogP contribution < -0.4 is 5.32 Å². The highest BCUT2D eigenvalue weighted by Gasteiger charge is 2.33. The molecule has 1 saturated heterocycles. The van der Waals surface area contributed by atoms with Crippen LogP contribution in [0.4, 0.5) is 5.69 Å². The molecule has 0 spiro atoms. The SMILES string of the molecule is Cc1ccccc1NC(=O)C[C@H]1SC(N2CCOCC2)=NC1=O. The smallest absolute Gasteiger partial charge is 0.262 e. The van der Waals surface area contributed by atoms with Crippen molar-refractivity contribution >= 4 is 34.4 Å². The maximum Gasteiger partial charge on any atom is 0.262 e. The molecule has 2 aliphatic heterocycles. The highest BCUT2D eigenvalue weighted by atomic mass is 32.2. The maximum absolute atomic E-state index is 12.2. The van der Waals surface area contributed by atoms with E-state index in [1.165, 1.54) is 11.8 Å². The first-order chi connectivity index (χ1) is 11.1. The van der Waals surface area contributed by atoms with Gasteiger partial charge in [0.15, 0.2) is 5.17 Å².